The van der Waals surface area contributed by atoms with Gasteiger partial charge in [0, 0.05) is 23.5 Å². The molecule has 1 atom stereocenters. The summed E-state index contributed by atoms with van der Waals surface area (Å²) in [6.45, 7) is 2.97. The summed E-state index contributed by atoms with van der Waals surface area (Å²) in [5.74, 6) is 1.33. The summed E-state index contributed by atoms with van der Waals surface area (Å²) in [6, 6.07) is 22.9. The largest absolute Gasteiger partial charge is 0.497 e. The summed E-state index contributed by atoms with van der Waals surface area (Å²) in [6.07, 6.45) is 0. The molecule has 2 aliphatic heterocycles. The molecule has 2 heterocycles. The SMILES string of the molecule is COc1ccc(NC(=O)N2CCSC23C(=O)N(Cc2ccccc2)c2ccc(C)cc23)cc1. The van der Waals surface area contributed by atoms with Gasteiger partial charge in [-0.3, -0.25) is 9.69 Å². The van der Waals surface area contributed by atoms with Crippen LogP contribution in [-0.4, -0.2) is 36.2 Å². The highest BCUT2D eigenvalue weighted by Gasteiger charge is 2.59. The quantitative estimate of drug-likeness (QED) is 0.598. The molecule has 6 nitrogen and oxygen atoms in total. The van der Waals surface area contributed by atoms with E-state index in [2.05, 4.69) is 5.32 Å². The van der Waals surface area contributed by atoms with Crippen molar-refractivity contribution in [1.82, 2.24) is 4.90 Å². The molecule has 0 saturated carbocycles. The second kappa shape index (κ2) is 8.48. The van der Waals surface area contributed by atoms with Gasteiger partial charge in [-0.15, -0.1) is 11.8 Å². The van der Waals surface area contributed by atoms with Crippen LogP contribution >= 0.6 is 11.8 Å². The number of hydrogen-bond donors (Lipinski definition) is 1. The smallest absolute Gasteiger partial charge is 0.323 e. The predicted octanol–water partition coefficient (Wildman–Crippen LogP) is 4.98. The monoisotopic (exact) mass is 459 g/mol. The zero-order chi connectivity index (χ0) is 23.0. The number of aryl methyl sites for hydroxylation is 1. The Balaban J connectivity index is 1.50. The minimum Gasteiger partial charge on any atom is -0.497 e. The first kappa shape index (κ1) is 21.4. The van der Waals surface area contributed by atoms with Crippen LogP contribution in [0.5, 0.6) is 5.75 Å². The van der Waals surface area contributed by atoms with Crippen LogP contribution in [0.2, 0.25) is 0 Å². The molecule has 3 aromatic rings. The Kier molecular flexibility index (Phi) is 5.50. The molecule has 168 valence electrons. The van der Waals surface area contributed by atoms with Crippen molar-refractivity contribution in [2.24, 2.45) is 0 Å². The Labute approximate surface area is 197 Å². The zero-order valence-electron chi connectivity index (χ0n) is 18.6. The lowest BCUT2D eigenvalue weighted by molar-refractivity contribution is -0.123. The van der Waals surface area contributed by atoms with E-state index >= 15 is 0 Å². The van der Waals surface area contributed by atoms with Crippen LogP contribution < -0.4 is 15.0 Å². The number of nitrogens with zero attached hydrogens (tertiary/aromatic N) is 2. The summed E-state index contributed by atoms with van der Waals surface area (Å²) >= 11 is 1.53. The number of anilines is 2. The van der Waals surface area contributed by atoms with Gasteiger partial charge >= 0.3 is 6.03 Å². The van der Waals surface area contributed by atoms with E-state index in [9.17, 15) is 9.59 Å². The maximum absolute atomic E-state index is 14.0. The maximum Gasteiger partial charge on any atom is 0.323 e. The number of fused-ring (bicyclic) bond motifs is 2. The highest BCUT2D eigenvalue weighted by Crippen LogP contribution is 2.54. The number of nitrogens with one attached hydrogen (secondary N) is 1. The number of amides is 3. The third kappa shape index (κ3) is 3.62. The number of carbonyl (C=O) groups is 2. The molecule has 0 bridgehead atoms. The number of rotatable bonds is 4. The van der Waals surface area contributed by atoms with Gasteiger partial charge in [0.2, 0.25) is 0 Å². The average Bonchev–Trinajstić information content (AvgIpc) is 3.37. The molecule has 3 aromatic carbocycles. The molecule has 3 amide bonds. The molecular formula is C26H25N3O3S. The number of urea groups is 1. The van der Waals surface area contributed by atoms with Gasteiger partial charge in [-0.25, -0.2) is 4.79 Å². The average molecular weight is 460 g/mol. The molecule has 2 aliphatic rings. The Morgan fingerprint density at radius 3 is 2.58 bits per heavy atom. The summed E-state index contributed by atoms with van der Waals surface area (Å²) < 4.78 is 5.20. The van der Waals surface area contributed by atoms with Crippen molar-refractivity contribution >= 4 is 35.1 Å². The lowest BCUT2D eigenvalue weighted by Gasteiger charge is -2.33. The highest BCUT2D eigenvalue weighted by atomic mass is 32.2. The molecule has 1 saturated heterocycles. The molecule has 7 heteroatoms. The van der Waals surface area contributed by atoms with Gasteiger partial charge in [0.05, 0.1) is 19.3 Å². The Morgan fingerprint density at radius 1 is 1.09 bits per heavy atom. The van der Waals surface area contributed by atoms with Gasteiger partial charge in [-0.1, -0.05) is 48.0 Å². The third-order valence-corrected chi connectivity index (χ3v) is 7.54. The van der Waals surface area contributed by atoms with Gasteiger partial charge in [-0.05, 0) is 42.8 Å². The second-order valence-corrected chi connectivity index (χ2v) is 9.49. The first-order valence-electron chi connectivity index (χ1n) is 10.9. The van der Waals surface area contributed by atoms with Gasteiger partial charge in [0.25, 0.3) is 5.91 Å². The van der Waals surface area contributed by atoms with Gasteiger partial charge in [-0.2, -0.15) is 0 Å². The van der Waals surface area contributed by atoms with E-state index in [1.807, 2.05) is 60.4 Å². The van der Waals surface area contributed by atoms with Crippen LogP contribution in [0.25, 0.3) is 0 Å². The number of ether oxygens (including phenoxy) is 1. The van der Waals surface area contributed by atoms with Crippen LogP contribution in [0.1, 0.15) is 16.7 Å². The lowest BCUT2D eigenvalue weighted by atomic mass is 10.0. The van der Waals surface area contributed by atoms with Crippen molar-refractivity contribution in [2.45, 2.75) is 18.3 Å². The number of methoxy groups -OCH3 is 1. The summed E-state index contributed by atoms with van der Waals surface area (Å²) in [4.78, 5) is 29.9. The Hall–Kier alpha value is -3.45. The van der Waals surface area contributed by atoms with Crippen molar-refractivity contribution in [3.8, 4) is 5.75 Å². The third-order valence-electron chi connectivity index (χ3n) is 6.12. The molecule has 1 fully saturated rings. The molecular weight excluding hydrogens is 434 g/mol. The molecule has 0 aromatic heterocycles. The van der Waals surface area contributed by atoms with Gasteiger partial charge in [0.15, 0.2) is 4.87 Å². The standard InChI is InChI=1S/C26H25N3O3S/c1-18-8-13-23-22(16-18)26(24(30)28(23)17-19-6-4-3-5-7-19)29(14-15-33-26)25(31)27-20-9-11-21(32-2)12-10-20/h3-13,16H,14-15,17H2,1-2H3,(H,27,31). The van der Waals surface area contributed by atoms with E-state index in [4.69, 9.17) is 4.74 Å². The van der Waals surface area contributed by atoms with Gasteiger partial charge < -0.3 is 15.0 Å². The summed E-state index contributed by atoms with van der Waals surface area (Å²) in [7, 11) is 1.60. The minimum atomic E-state index is -1.06. The van der Waals surface area contributed by atoms with E-state index in [-0.39, 0.29) is 11.9 Å². The Bertz CT molecular complexity index is 1200. The van der Waals surface area contributed by atoms with E-state index in [0.717, 1.165) is 22.4 Å². The molecule has 33 heavy (non-hydrogen) atoms. The van der Waals surface area contributed by atoms with E-state index in [0.29, 0.717) is 30.3 Å². The van der Waals surface area contributed by atoms with Gasteiger partial charge in [0.1, 0.15) is 5.75 Å². The molecule has 1 N–H and O–H groups in total. The van der Waals surface area contributed by atoms with Crippen molar-refractivity contribution in [2.75, 3.05) is 29.6 Å². The van der Waals surface area contributed by atoms with E-state index in [1.165, 1.54) is 11.8 Å². The van der Waals surface area contributed by atoms with E-state index < -0.39 is 4.87 Å². The first-order chi connectivity index (χ1) is 16.0. The van der Waals surface area contributed by atoms with Crippen LogP contribution in [-0.2, 0) is 16.2 Å². The number of benzene rings is 3. The zero-order valence-corrected chi connectivity index (χ0v) is 19.4. The Morgan fingerprint density at radius 2 is 1.85 bits per heavy atom. The van der Waals surface area contributed by atoms with Crippen molar-refractivity contribution in [3.05, 3.63) is 89.5 Å². The predicted molar refractivity (Wildman–Crippen MR) is 132 cm³/mol. The fourth-order valence-corrected chi connectivity index (χ4v) is 5.97. The summed E-state index contributed by atoms with van der Waals surface area (Å²) in [5, 5.41) is 2.96. The summed E-state index contributed by atoms with van der Waals surface area (Å²) in [5.41, 5.74) is 4.52. The van der Waals surface area contributed by atoms with Crippen LogP contribution in [0.4, 0.5) is 16.2 Å². The molecule has 5 rings (SSSR count). The molecule has 0 radical (unpaired) electrons. The highest BCUT2D eigenvalue weighted by molar-refractivity contribution is 8.01. The topological polar surface area (TPSA) is 61.9 Å². The van der Waals surface area contributed by atoms with E-state index in [1.54, 1.807) is 36.3 Å². The van der Waals surface area contributed by atoms with Crippen LogP contribution in [0.15, 0.2) is 72.8 Å². The first-order valence-corrected chi connectivity index (χ1v) is 11.8. The number of carbonyl (C=O) groups excluding carboxylic acids is 2. The van der Waals surface area contributed by atoms with Crippen LogP contribution in [0.3, 0.4) is 0 Å². The fraction of sp³-hybridized carbons (Fsp3) is 0.231. The minimum absolute atomic E-state index is 0.0701. The molecule has 1 spiro atoms. The van der Waals surface area contributed by atoms with Crippen molar-refractivity contribution < 1.29 is 14.3 Å². The maximum atomic E-state index is 14.0. The lowest BCUT2D eigenvalue weighted by Crippen LogP contribution is -2.51. The fourth-order valence-electron chi connectivity index (χ4n) is 4.52. The number of thioether (sulfide) groups is 1. The number of hydrogen-bond acceptors (Lipinski definition) is 4. The van der Waals surface area contributed by atoms with Crippen molar-refractivity contribution in [1.29, 1.82) is 0 Å². The van der Waals surface area contributed by atoms with Crippen molar-refractivity contribution in [3.63, 3.8) is 0 Å². The molecule has 1 unspecified atom stereocenters. The van der Waals surface area contributed by atoms with Crippen LogP contribution in [0, 0.1) is 6.92 Å². The normalized spacial score (nSPS) is 19.2. The molecule has 0 aliphatic carbocycles. The second-order valence-electron chi connectivity index (χ2n) is 8.20.